The van der Waals surface area contributed by atoms with Crippen molar-refractivity contribution < 1.29 is 47.8 Å². The Morgan fingerprint density at radius 3 is 2.48 bits per heavy atom. The molecule has 9 rings (SSSR count). The van der Waals surface area contributed by atoms with E-state index in [9.17, 15) is 24.3 Å². The molecule has 4 fully saturated rings. The quantitative estimate of drug-likeness (QED) is 0.0923. The molecule has 4 N–H and O–H groups in total. The van der Waals surface area contributed by atoms with Crippen LogP contribution in [0.3, 0.4) is 0 Å². The second-order valence-electron chi connectivity index (χ2n) is 18.2. The van der Waals surface area contributed by atoms with Crippen LogP contribution in [0.4, 0.5) is 5.69 Å². The lowest BCUT2D eigenvalue weighted by Gasteiger charge is -2.63. The number of allylic oxidation sites excluding steroid dienone is 4. The van der Waals surface area contributed by atoms with Gasteiger partial charge in [-0.25, -0.2) is 4.57 Å². The summed E-state index contributed by atoms with van der Waals surface area (Å²) in [5.41, 5.74) is 0.391. The van der Waals surface area contributed by atoms with E-state index in [1.54, 1.807) is 24.8 Å². The van der Waals surface area contributed by atoms with E-state index in [2.05, 4.69) is 17.5 Å². The summed E-state index contributed by atoms with van der Waals surface area (Å²) in [6.07, 6.45) is 11.9. The first-order valence-electron chi connectivity index (χ1n) is 20.7. The van der Waals surface area contributed by atoms with Crippen LogP contribution in [0.15, 0.2) is 75.2 Å². The Balaban J connectivity index is 1.46. The van der Waals surface area contributed by atoms with E-state index in [0.717, 1.165) is 16.9 Å². The molecule has 2 aromatic rings. The lowest BCUT2D eigenvalue weighted by atomic mass is 9.46. The smallest absolute Gasteiger partial charge is 0.482 e. The van der Waals surface area contributed by atoms with E-state index in [-0.39, 0.29) is 48.7 Å². The number of amides is 1. The van der Waals surface area contributed by atoms with Crippen molar-refractivity contribution in [1.29, 1.82) is 0 Å². The number of nitrogens with one attached hydrogen (secondary N) is 1. The number of ketones is 1. The van der Waals surface area contributed by atoms with E-state index < -0.39 is 47.3 Å². The summed E-state index contributed by atoms with van der Waals surface area (Å²) in [5.74, 6) is -1.41. The highest BCUT2D eigenvalue weighted by Crippen LogP contribution is 2.73. The van der Waals surface area contributed by atoms with Crippen molar-refractivity contribution in [3.05, 3.63) is 82.0 Å². The number of hydrogen-bond donors (Lipinski definition) is 4. The molecule has 7 atom stereocenters. The highest BCUT2D eigenvalue weighted by atomic mass is 32.2. The number of phosphoric ester groups is 1. The Morgan fingerprint density at radius 1 is 1.05 bits per heavy atom. The molecular formula is C46H55N2O10PS. The van der Waals surface area contributed by atoms with Crippen LogP contribution in [0.5, 0.6) is 17.2 Å². The summed E-state index contributed by atoms with van der Waals surface area (Å²) in [4.78, 5) is 56.3. The summed E-state index contributed by atoms with van der Waals surface area (Å²) in [6.45, 7) is 15.6. The second kappa shape index (κ2) is 15.1. The minimum atomic E-state index is -5.21. The Hall–Kier alpha value is -3.97. The maximum absolute atomic E-state index is 15.5. The zero-order valence-corrected chi connectivity index (χ0v) is 37.2. The molecule has 1 spiro atoms. The zero-order chi connectivity index (χ0) is 43.2. The Labute approximate surface area is 355 Å². The molecule has 3 aliphatic carbocycles. The summed E-state index contributed by atoms with van der Waals surface area (Å²) < 4.78 is 40.8. The van der Waals surface area contributed by atoms with Crippen LogP contribution in [0.25, 0.3) is 6.08 Å². The largest absolute Gasteiger partial charge is 0.524 e. The molecule has 2 aromatic carbocycles. The standard InChI is InChI=1S/C46H55N2O10PS/c1-25(2)12-11-19-44(8)20-18-29-37(55-44)28(16-15-26(3)4)38-34(39(29)57-59(52,53)54)36-35-40(60-32-14-10-9-13-31(32)48-36)30-24-33-43(6,7)58-45(41(30)50,46(33,35)56-38)21-17-27(5)42(51)47-22-23-49/h9-10,12-15,17-18,20,30,33,35,40,49H,11,16,19,21-24H2,1-8H3,(H,47,51)(H2,52,53,54). The first kappa shape index (κ1) is 42.7. The van der Waals surface area contributed by atoms with Crippen LogP contribution >= 0.6 is 19.6 Å². The van der Waals surface area contributed by atoms with Gasteiger partial charge in [0.15, 0.2) is 22.7 Å². The zero-order valence-electron chi connectivity index (χ0n) is 35.5. The minimum Gasteiger partial charge on any atom is -0.482 e. The molecule has 3 saturated carbocycles. The van der Waals surface area contributed by atoms with E-state index in [4.69, 9.17) is 23.7 Å². The van der Waals surface area contributed by atoms with Gasteiger partial charge in [-0.15, -0.1) is 11.8 Å². The van der Waals surface area contributed by atoms with Crippen LogP contribution in [0.2, 0.25) is 0 Å². The van der Waals surface area contributed by atoms with Gasteiger partial charge in [-0.3, -0.25) is 24.4 Å². The van der Waals surface area contributed by atoms with Crippen molar-refractivity contribution in [3.63, 3.8) is 0 Å². The normalized spacial score (nSPS) is 30.0. The fraction of sp³-hybridized carbons (Fsp3) is 0.500. The average Bonchev–Trinajstić information content (AvgIpc) is 3.25. The lowest BCUT2D eigenvalue weighted by molar-refractivity contribution is -0.195. The fourth-order valence-corrected chi connectivity index (χ4v) is 12.5. The van der Waals surface area contributed by atoms with Crippen LogP contribution < -0.4 is 19.3 Å². The number of rotatable bonds is 12. The highest BCUT2D eigenvalue weighted by Gasteiger charge is 2.85. The number of fused-ring (bicyclic) bond motifs is 4. The minimum absolute atomic E-state index is 0.0197. The molecule has 7 unspecified atom stereocenters. The summed E-state index contributed by atoms with van der Waals surface area (Å²) in [7, 11) is -5.21. The van der Waals surface area contributed by atoms with Gasteiger partial charge in [0.2, 0.25) is 5.91 Å². The van der Waals surface area contributed by atoms with Gasteiger partial charge in [0.25, 0.3) is 0 Å². The first-order chi connectivity index (χ1) is 28.3. The van der Waals surface area contributed by atoms with E-state index >= 15 is 4.79 Å². The predicted molar refractivity (Wildman–Crippen MR) is 231 cm³/mol. The van der Waals surface area contributed by atoms with Gasteiger partial charge in [-0.2, -0.15) is 0 Å². The van der Waals surface area contributed by atoms with E-state index in [1.165, 1.54) is 5.57 Å². The number of aliphatic hydroxyl groups is 1. The summed E-state index contributed by atoms with van der Waals surface area (Å²) in [5, 5.41) is 11.7. The van der Waals surface area contributed by atoms with Crippen LogP contribution in [0.1, 0.15) is 97.8 Å². The third-order valence-corrected chi connectivity index (χ3v) is 14.9. The number of Topliss-reactive ketones (excluding diaryl/α,β-unsaturated/α-hetero) is 1. The molecule has 1 amide bonds. The van der Waals surface area contributed by atoms with Gasteiger partial charge in [-0.1, -0.05) is 41.5 Å². The number of aliphatic imine (C=N–C) groups is 1. The number of phosphoric acid groups is 1. The molecule has 0 radical (unpaired) electrons. The number of aliphatic hydroxyl groups excluding tert-OH is 1. The molecule has 4 bridgehead atoms. The average molecular weight is 859 g/mol. The molecule has 0 aromatic heterocycles. The fourth-order valence-electron chi connectivity index (χ4n) is 10.5. The first-order valence-corrected chi connectivity index (χ1v) is 23.1. The molecule has 1 saturated heterocycles. The van der Waals surface area contributed by atoms with Crippen molar-refractivity contribution in [1.82, 2.24) is 5.32 Å². The number of para-hydroxylation sites is 1. The number of carbonyl (C=O) groups excluding carboxylic acids is 2. The molecule has 320 valence electrons. The summed E-state index contributed by atoms with van der Waals surface area (Å²) >= 11 is 1.58. The van der Waals surface area contributed by atoms with Crippen LogP contribution in [-0.4, -0.2) is 73.1 Å². The van der Waals surface area contributed by atoms with E-state index in [0.29, 0.717) is 58.7 Å². The monoisotopic (exact) mass is 858 g/mol. The molecule has 12 nitrogen and oxygen atoms in total. The van der Waals surface area contributed by atoms with Crippen LogP contribution in [-0.2, 0) is 25.3 Å². The molecule has 60 heavy (non-hydrogen) atoms. The molecule has 4 aliphatic heterocycles. The predicted octanol–water partition coefficient (Wildman–Crippen LogP) is 8.13. The van der Waals surface area contributed by atoms with Crippen molar-refractivity contribution >= 4 is 48.8 Å². The van der Waals surface area contributed by atoms with E-state index in [1.807, 2.05) is 84.9 Å². The molecular weight excluding hydrogens is 804 g/mol. The SMILES string of the molecule is CC(C)=CCCC1(C)C=Cc2c(c(CC=C(C)C)c3c(c2OP(=O)(O)O)C2=Nc4ccccc4SC4C5CC6C(C)(C)OC(CC=C(C)C(=O)NCCO)(C5=O)C6(O3)C24)O1. The van der Waals surface area contributed by atoms with Crippen LogP contribution in [0, 0.1) is 17.8 Å². The van der Waals surface area contributed by atoms with Crippen molar-refractivity contribution in [2.45, 2.75) is 120 Å². The van der Waals surface area contributed by atoms with Crippen molar-refractivity contribution in [2.75, 3.05) is 13.2 Å². The number of ether oxygens (including phenoxy) is 3. The Bertz CT molecular complexity index is 2370. The topological polar surface area (TPSA) is 173 Å². The molecule has 14 heteroatoms. The van der Waals surface area contributed by atoms with Gasteiger partial charge in [0, 0.05) is 46.1 Å². The number of benzene rings is 2. The lowest BCUT2D eigenvalue weighted by Crippen LogP contribution is -2.79. The maximum Gasteiger partial charge on any atom is 0.524 e. The van der Waals surface area contributed by atoms with Gasteiger partial charge in [0.1, 0.15) is 17.1 Å². The highest BCUT2D eigenvalue weighted by molar-refractivity contribution is 8.00. The molecule has 4 heterocycles. The van der Waals surface area contributed by atoms with Gasteiger partial charge < -0.3 is 29.2 Å². The Kier molecular flexibility index (Phi) is 10.8. The second-order valence-corrected chi connectivity index (χ2v) is 20.6. The number of thioether (sulfide) groups is 1. The number of hydrogen-bond acceptors (Lipinski definition) is 10. The third kappa shape index (κ3) is 6.84. The maximum atomic E-state index is 15.5. The summed E-state index contributed by atoms with van der Waals surface area (Å²) in [6, 6.07) is 7.72. The third-order valence-electron chi connectivity index (χ3n) is 13.0. The van der Waals surface area contributed by atoms with Crippen molar-refractivity contribution in [2.24, 2.45) is 22.7 Å². The van der Waals surface area contributed by atoms with Gasteiger partial charge in [0.05, 0.1) is 40.7 Å². The Morgan fingerprint density at radius 2 is 1.78 bits per heavy atom. The molecule has 7 aliphatic rings. The number of nitrogens with zero attached hydrogens (tertiary/aromatic N) is 1. The van der Waals surface area contributed by atoms with Crippen molar-refractivity contribution in [3.8, 4) is 17.2 Å². The van der Waals surface area contributed by atoms with Gasteiger partial charge in [-0.05, 0) is 105 Å². The van der Waals surface area contributed by atoms with Gasteiger partial charge >= 0.3 is 7.82 Å². The number of carbonyl (C=O) groups is 2.